The van der Waals surface area contributed by atoms with E-state index in [1.54, 1.807) is 0 Å². The smallest absolute Gasteiger partial charge is 0.144 e. The number of rotatable bonds is 0. The zero-order valence-electron chi connectivity index (χ0n) is 7.61. The maximum absolute atomic E-state index is 11.8. The van der Waals surface area contributed by atoms with Crippen molar-refractivity contribution in [3.8, 4) is 0 Å². The van der Waals surface area contributed by atoms with E-state index in [4.69, 9.17) is 0 Å². The number of Topliss-reactive ketones (excluding diaryl/α,β-unsaturated/α-hetero) is 1. The van der Waals surface area contributed by atoms with Gasteiger partial charge in [-0.15, -0.1) is 0 Å². The molecular formula is C11H20O. The molecule has 0 aromatic heterocycles. The largest absolute Gasteiger partial charge is 0.298 e. The lowest BCUT2D eigenvalue weighted by Crippen LogP contribution is -2.35. The summed E-state index contributed by atoms with van der Waals surface area (Å²) < 4.78 is 0. The Bertz CT molecular complexity index is 210. The lowest BCUT2D eigenvalue weighted by Gasteiger charge is -2.31. The average molecular weight is 168 g/mol. The molecular weight excluding hydrogens is 148 g/mol. The molecule has 0 aromatic carbocycles. The van der Waals surface area contributed by atoms with Crippen molar-refractivity contribution < 1.29 is 4.79 Å². The van der Waals surface area contributed by atoms with Crippen molar-refractivity contribution in [3.05, 3.63) is 0 Å². The maximum Gasteiger partial charge on any atom is 0.144 e. The van der Waals surface area contributed by atoms with Crippen LogP contribution in [0.2, 0.25) is 0 Å². The minimum atomic E-state index is -0.00694. The molecule has 0 saturated heterocycles. The first-order valence-corrected chi connectivity index (χ1v) is 4.52. The number of hydrogen-bond acceptors (Lipinski definition) is 1. The Morgan fingerprint density at radius 3 is 2.17 bits per heavy atom. The van der Waals surface area contributed by atoms with Gasteiger partial charge in [0.1, 0.15) is 5.78 Å². The first-order chi connectivity index (χ1) is 4.97. The SMILES string of the molecule is C.CC12CCC(C1)C(C)(C)C2=O. The molecule has 70 valence electrons. The second kappa shape index (κ2) is 2.34. The Morgan fingerprint density at radius 1 is 1.33 bits per heavy atom. The monoisotopic (exact) mass is 168 g/mol. The molecule has 0 amide bonds. The maximum atomic E-state index is 11.8. The molecule has 2 aliphatic carbocycles. The highest BCUT2D eigenvalue weighted by Gasteiger charge is 2.58. The summed E-state index contributed by atoms with van der Waals surface area (Å²) in [5, 5.41) is 0. The Labute approximate surface area is 75.5 Å². The molecule has 2 bridgehead atoms. The zero-order chi connectivity index (χ0) is 8.28. The lowest BCUT2D eigenvalue weighted by molar-refractivity contribution is -0.134. The lowest BCUT2D eigenvalue weighted by atomic mass is 9.72. The molecule has 12 heavy (non-hydrogen) atoms. The topological polar surface area (TPSA) is 17.1 Å². The summed E-state index contributed by atoms with van der Waals surface area (Å²) in [6.45, 7) is 6.37. The van der Waals surface area contributed by atoms with Crippen molar-refractivity contribution in [2.45, 2.75) is 47.5 Å². The summed E-state index contributed by atoms with van der Waals surface area (Å²) >= 11 is 0. The molecule has 0 aromatic rings. The van der Waals surface area contributed by atoms with Crippen LogP contribution in [0.5, 0.6) is 0 Å². The molecule has 0 spiro atoms. The quantitative estimate of drug-likeness (QED) is 0.543. The van der Waals surface area contributed by atoms with E-state index in [9.17, 15) is 4.79 Å². The fourth-order valence-electron chi connectivity index (χ4n) is 3.03. The molecule has 0 heterocycles. The van der Waals surface area contributed by atoms with Crippen LogP contribution in [-0.2, 0) is 4.79 Å². The number of hydrogen-bond donors (Lipinski definition) is 0. The van der Waals surface area contributed by atoms with Gasteiger partial charge < -0.3 is 0 Å². The van der Waals surface area contributed by atoms with E-state index in [2.05, 4.69) is 20.8 Å². The van der Waals surface area contributed by atoms with Crippen LogP contribution < -0.4 is 0 Å². The van der Waals surface area contributed by atoms with Gasteiger partial charge in [-0.3, -0.25) is 4.79 Å². The Balaban J connectivity index is 0.000000720. The van der Waals surface area contributed by atoms with Crippen LogP contribution in [0.4, 0.5) is 0 Å². The number of fused-ring (bicyclic) bond motifs is 2. The summed E-state index contributed by atoms with van der Waals surface area (Å²) in [5.41, 5.74) is 0.0567. The van der Waals surface area contributed by atoms with Crippen molar-refractivity contribution in [2.24, 2.45) is 16.7 Å². The van der Waals surface area contributed by atoms with E-state index < -0.39 is 0 Å². The highest BCUT2D eigenvalue weighted by atomic mass is 16.1. The third-order valence-corrected chi connectivity index (χ3v) is 3.90. The van der Waals surface area contributed by atoms with E-state index in [0.717, 1.165) is 12.8 Å². The molecule has 0 N–H and O–H groups in total. The van der Waals surface area contributed by atoms with Gasteiger partial charge in [0.05, 0.1) is 0 Å². The first kappa shape index (κ1) is 9.76. The van der Waals surface area contributed by atoms with Gasteiger partial charge in [0, 0.05) is 10.8 Å². The van der Waals surface area contributed by atoms with Gasteiger partial charge in [-0.05, 0) is 25.2 Å². The molecule has 1 nitrogen and oxygen atoms in total. The summed E-state index contributed by atoms with van der Waals surface area (Å²) in [4.78, 5) is 11.8. The number of carbonyl (C=O) groups is 1. The van der Waals surface area contributed by atoms with Crippen LogP contribution in [0, 0.1) is 16.7 Å². The van der Waals surface area contributed by atoms with E-state index in [-0.39, 0.29) is 18.3 Å². The van der Waals surface area contributed by atoms with Crippen LogP contribution in [0.25, 0.3) is 0 Å². The summed E-state index contributed by atoms with van der Waals surface area (Å²) in [7, 11) is 0. The Kier molecular flexibility index (Phi) is 1.90. The normalized spacial score (nSPS) is 42.9. The van der Waals surface area contributed by atoms with Crippen LogP contribution in [0.1, 0.15) is 47.5 Å². The predicted molar refractivity (Wildman–Crippen MR) is 51.0 cm³/mol. The standard InChI is InChI=1S/C10H16O.CH4/c1-9(2)7-4-5-10(3,6-7)8(9)11;/h7H,4-6H2,1-3H3;1H4. The molecule has 0 aliphatic heterocycles. The Hall–Kier alpha value is -0.330. The van der Waals surface area contributed by atoms with Crippen molar-refractivity contribution in [1.29, 1.82) is 0 Å². The highest BCUT2D eigenvalue weighted by Crippen LogP contribution is 2.59. The minimum Gasteiger partial charge on any atom is -0.298 e. The van der Waals surface area contributed by atoms with Crippen LogP contribution in [-0.4, -0.2) is 5.78 Å². The molecule has 1 heteroatoms. The zero-order valence-corrected chi connectivity index (χ0v) is 7.61. The van der Waals surface area contributed by atoms with Gasteiger partial charge in [0.15, 0.2) is 0 Å². The van der Waals surface area contributed by atoms with E-state index in [0.29, 0.717) is 11.7 Å². The van der Waals surface area contributed by atoms with Gasteiger partial charge in [-0.25, -0.2) is 0 Å². The van der Waals surface area contributed by atoms with Gasteiger partial charge in [0.25, 0.3) is 0 Å². The fourth-order valence-corrected chi connectivity index (χ4v) is 3.03. The predicted octanol–water partition coefficient (Wildman–Crippen LogP) is 3.04. The molecule has 2 rings (SSSR count). The molecule has 2 aliphatic rings. The molecule has 2 atom stereocenters. The van der Waals surface area contributed by atoms with Crippen molar-refractivity contribution >= 4 is 5.78 Å². The van der Waals surface area contributed by atoms with Crippen LogP contribution in [0.3, 0.4) is 0 Å². The van der Waals surface area contributed by atoms with Gasteiger partial charge >= 0.3 is 0 Å². The van der Waals surface area contributed by atoms with Crippen LogP contribution in [0.15, 0.2) is 0 Å². The second-order valence-electron chi connectivity index (χ2n) is 5.05. The summed E-state index contributed by atoms with van der Waals surface area (Å²) in [6.07, 6.45) is 3.56. The summed E-state index contributed by atoms with van der Waals surface area (Å²) in [6, 6.07) is 0. The molecule has 2 saturated carbocycles. The van der Waals surface area contributed by atoms with E-state index >= 15 is 0 Å². The number of ketones is 1. The van der Waals surface area contributed by atoms with Crippen molar-refractivity contribution in [2.75, 3.05) is 0 Å². The van der Waals surface area contributed by atoms with Crippen molar-refractivity contribution in [1.82, 2.24) is 0 Å². The van der Waals surface area contributed by atoms with E-state index in [1.807, 2.05) is 0 Å². The second-order valence-corrected chi connectivity index (χ2v) is 5.05. The Morgan fingerprint density at radius 2 is 1.92 bits per heavy atom. The third kappa shape index (κ3) is 0.884. The van der Waals surface area contributed by atoms with E-state index in [1.165, 1.54) is 6.42 Å². The average Bonchev–Trinajstić information content (AvgIpc) is 2.36. The molecule has 2 fully saturated rings. The van der Waals surface area contributed by atoms with Crippen molar-refractivity contribution in [3.63, 3.8) is 0 Å². The minimum absolute atomic E-state index is 0. The first-order valence-electron chi connectivity index (χ1n) is 4.52. The number of carbonyl (C=O) groups excluding carboxylic acids is 1. The van der Waals surface area contributed by atoms with Gasteiger partial charge in [-0.1, -0.05) is 28.2 Å². The third-order valence-electron chi connectivity index (χ3n) is 3.90. The van der Waals surface area contributed by atoms with Gasteiger partial charge in [0.2, 0.25) is 0 Å². The molecule has 2 unspecified atom stereocenters. The summed E-state index contributed by atoms with van der Waals surface area (Å²) in [5.74, 6) is 1.20. The van der Waals surface area contributed by atoms with Gasteiger partial charge in [-0.2, -0.15) is 0 Å². The van der Waals surface area contributed by atoms with Crippen LogP contribution >= 0.6 is 0 Å². The molecule has 0 radical (unpaired) electrons. The highest BCUT2D eigenvalue weighted by molar-refractivity contribution is 5.92. The fraction of sp³-hybridized carbons (Fsp3) is 0.909.